The molecule has 0 bridgehead atoms. The normalized spacial score (nSPS) is 11.9. The fourth-order valence-electron chi connectivity index (χ4n) is 1.58. The Morgan fingerprint density at radius 1 is 1.33 bits per heavy atom. The fraction of sp³-hybridized carbons (Fsp3) is 0.0909. The predicted octanol–water partition coefficient (Wildman–Crippen LogP) is 2.63. The summed E-state index contributed by atoms with van der Waals surface area (Å²) < 4.78 is 29.3. The minimum absolute atomic E-state index is 0.0992. The van der Waals surface area contributed by atoms with Gasteiger partial charge in [-0.3, -0.25) is 0 Å². The molecule has 0 saturated heterocycles. The second-order valence-electron chi connectivity index (χ2n) is 4.02. The number of nitrogens with one attached hydrogen (secondary N) is 1. The van der Waals surface area contributed by atoms with Gasteiger partial charge in [0.1, 0.15) is 4.21 Å². The summed E-state index contributed by atoms with van der Waals surface area (Å²) in [6.07, 6.45) is 1.70. The molecule has 0 radical (unpaired) electrons. The van der Waals surface area contributed by atoms with Gasteiger partial charge in [0.05, 0.1) is 27.9 Å². The molecule has 0 atom stereocenters. The molecule has 21 heavy (non-hydrogen) atoms. The Morgan fingerprint density at radius 2 is 2.19 bits per heavy atom. The van der Waals surface area contributed by atoms with Crippen molar-refractivity contribution in [2.24, 2.45) is 0 Å². The molecule has 0 aromatic carbocycles. The first-order chi connectivity index (χ1) is 10.0. The molecule has 0 spiro atoms. The Kier molecular flexibility index (Phi) is 4.22. The van der Waals surface area contributed by atoms with Crippen molar-refractivity contribution in [1.29, 1.82) is 0 Å². The highest BCUT2D eigenvalue weighted by Gasteiger charge is 2.17. The third-order valence-electron chi connectivity index (χ3n) is 2.57. The predicted molar refractivity (Wildman–Crippen MR) is 85.3 cm³/mol. The second-order valence-corrected chi connectivity index (χ2v) is 9.26. The van der Waals surface area contributed by atoms with Crippen molar-refractivity contribution in [1.82, 2.24) is 19.7 Å². The highest BCUT2D eigenvalue weighted by atomic mass is 79.9. The van der Waals surface area contributed by atoms with Crippen LogP contribution in [0, 0.1) is 0 Å². The average molecular weight is 405 g/mol. The summed E-state index contributed by atoms with van der Waals surface area (Å²) in [6.45, 7) is 0.0992. The van der Waals surface area contributed by atoms with Crippen LogP contribution in [0.3, 0.4) is 0 Å². The zero-order valence-corrected chi connectivity index (χ0v) is 14.5. The van der Waals surface area contributed by atoms with E-state index >= 15 is 0 Å². The van der Waals surface area contributed by atoms with Crippen LogP contribution < -0.4 is 4.72 Å². The average Bonchev–Trinajstić information content (AvgIpc) is 3.17. The Bertz CT molecular complexity index is 839. The molecule has 3 rings (SSSR count). The van der Waals surface area contributed by atoms with E-state index in [1.807, 2.05) is 16.8 Å². The number of sulfonamides is 1. The third kappa shape index (κ3) is 3.40. The summed E-state index contributed by atoms with van der Waals surface area (Å²) >= 11 is 5.96. The van der Waals surface area contributed by atoms with Crippen molar-refractivity contribution in [2.75, 3.05) is 0 Å². The molecule has 0 unspecified atom stereocenters. The number of hydrogen-bond donors (Lipinski definition) is 1. The van der Waals surface area contributed by atoms with Crippen molar-refractivity contribution < 1.29 is 8.42 Å². The van der Waals surface area contributed by atoms with Crippen LogP contribution in [-0.4, -0.2) is 23.4 Å². The maximum absolute atomic E-state index is 12.1. The van der Waals surface area contributed by atoms with Gasteiger partial charge in [-0.1, -0.05) is 5.21 Å². The van der Waals surface area contributed by atoms with E-state index in [0.29, 0.717) is 5.69 Å². The van der Waals surface area contributed by atoms with Gasteiger partial charge in [-0.2, -0.15) is 11.3 Å². The van der Waals surface area contributed by atoms with Gasteiger partial charge >= 0.3 is 0 Å². The number of nitrogens with zero attached hydrogens (tertiary/aromatic N) is 3. The molecule has 0 amide bonds. The van der Waals surface area contributed by atoms with Crippen molar-refractivity contribution in [2.45, 2.75) is 10.8 Å². The van der Waals surface area contributed by atoms with E-state index in [1.165, 1.54) is 0 Å². The van der Waals surface area contributed by atoms with E-state index in [9.17, 15) is 8.42 Å². The van der Waals surface area contributed by atoms with Gasteiger partial charge in [-0.05, 0) is 39.5 Å². The van der Waals surface area contributed by atoms with Crippen LogP contribution in [0.15, 0.2) is 43.2 Å². The first-order valence-corrected chi connectivity index (χ1v) is 9.77. The number of aromatic nitrogens is 3. The minimum atomic E-state index is -3.52. The molecule has 3 aromatic heterocycles. The van der Waals surface area contributed by atoms with Gasteiger partial charge < -0.3 is 0 Å². The van der Waals surface area contributed by atoms with Crippen LogP contribution in [-0.2, 0) is 16.6 Å². The van der Waals surface area contributed by atoms with Crippen LogP contribution in [0.2, 0.25) is 0 Å². The number of hydrogen-bond acceptors (Lipinski definition) is 6. The van der Waals surface area contributed by atoms with E-state index in [0.717, 1.165) is 20.8 Å². The van der Waals surface area contributed by atoms with E-state index in [-0.39, 0.29) is 10.8 Å². The Morgan fingerprint density at radius 3 is 2.86 bits per heavy atom. The summed E-state index contributed by atoms with van der Waals surface area (Å²) in [7, 11) is -3.52. The van der Waals surface area contributed by atoms with Crippen LogP contribution in [0.5, 0.6) is 0 Å². The van der Waals surface area contributed by atoms with E-state index in [4.69, 9.17) is 0 Å². The lowest BCUT2D eigenvalue weighted by Crippen LogP contribution is -2.22. The summed E-state index contributed by atoms with van der Waals surface area (Å²) in [5, 5.41) is 11.8. The SMILES string of the molecule is O=S(=O)(NCc1cn(-c2ccsc2)nn1)c1ccc(Br)s1. The van der Waals surface area contributed by atoms with Crippen LogP contribution in [0.25, 0.3) is 5.69 Å². The molecule has 0 fully saturated rings. The third-order valence-corrected chi connectivity index (χ3v) is 6.76. The Balaban J connectivity index is 1.71. The van der Waals surface area contributed by atoms with Crippen molar-refractivity contribution in [3.05, 3.63) is 44.6 Å². The monoisotopic (exact) mass is 404 g/mol. The molecule has 10 heteroatoms. The standard InChI is InChI=1S/C11H9BrN4O2S3/c12-10-1-2-11(20-10)21(17,18)13-5-8-6-16(15-14-8)9-3-4-19-7-9/h1-4,6-7,13H,5H2. The van der Waals surface area contributed by atoms with Gasteiger partial charge in [-0.25, -0.2) is 17.8 Å². The minimum Gasteiger partial charge on any atom is -0.220 e. The second kappa shape index (κ2) is 5.97. The first kappa shape index (κ1) is 14.9. The number of rotatable bonds is 5. The summed E-state index contributed by atoms with van der Waals surface area (Å²) in [5.41, 5.74) is 1.46. The fourth-order valence-corrected chi connectivity index (χ4v) is 5.25. The van der Waals surface area contributed by atoms with Crippen molar-refractivity contribution in [3.8, 4) is 5.69 Å². The topological polar surface area (TPSA) is 76.9 Å². The quantitative estimate of drug-likeness (QED) is 0.708. The maximum Gasteiger partial charge on any atom is 0.250 e. The largest absolute Gasteiger partial charge is 0.250 e. The highest BCUT2D eigenvalue weighted by Crippen LogP contribution is 2.25. The van der Waals surface area contributed by atoms with Gasteiger partial charge in [0.2, 0.25) is 10.0 Å². The summed E-state index contributed by atoms with van der Waals surface area (Å²) in [5.74, 6) is 0. The van der Waals surface area contributed by atoms with Crippen LogP contribution >= 0.6 is 38.6 Å². The van der Waals surface area contributed by atoms with E-state index in [2.05, 4.69) is 31.0 Å². The molecular formula is C11H9BrN4O2S3. The van der Waals surface area contributed by atoms with Gasteiger partial charge in [0.25, 0.3) is 0 Å². The number of thiophene rings is 2. The molecule has 0 aliphatic rings. The van der Waals surface area contributed by atoms with Crippen molar-refractivity contribution >= 4 is 48.6 Å². The lowest BCUT2D eigenvalue weighted by molar-refractivity contribution is 0.582. The van der Waals surface area contributed by atoms with Crippen molar-refractivity contribution in [3.63, 3.8) is 0 Å². The van der Waals surface area contributed by atoms with Gasteiger partial charge in [0.15, 0.2) is 0 Å². The van der Waals surface area contributed by atoms with Gasteiger partial charge in [-0.15, -0.1) is 16.4 Å². The molecule has 3 aromatic rings. The van der Waals surface area contributed by atoms with E-state index in [1.54, 1.807) is 34.3 Å². The molecule has 6 nitrogen and oxygen atoms in total. The van der Waals surface area contributed by atoms with E-state index < -0.39 is 10.0 Å². The molecule has 110 valence electrons. The first-order valence-electron chi connectivity index (χ1n) is 5.73. The Hall–Kier alpha value is -1.07. The lowest BCUT2D eigenvalue weighted by atomic mass is 10.5. The smallest absolute Gasteiger partial charge is 0.220 e. The zero-order chi connectivity index (χ0) is 14.9. The summed E-state index contributed by atoms with van der Waals surface area (Å²) in [4.78, 5) is 0. The molecule has 3 heterocycles. The highest BCUT2D eigenvalue weighted by molar-refractivity contribution is 9.11. The molecule has 0 saturated carbocycles. The van der Waals surface area contributed by atoms with Crippen LogP contribution in [0.1, 0.15) is 5.69 Å². The zero-order valence-electron chi connectivity index (χ0n) is 10.4. The molecular weight excluding hydrogens is 396 g/mol. The molecule has 0 aliphatic heterocycles. The number of halogens is 1. The summed E-state index contributed by atoms with van der Waals surface area (Å²) in [6, 6.07) is 5.17. The van der Waals surface area contributed by atoms with Crippen LogP contribution in [0.4, 0.5) is 0 Å². The molecule has 1 N–H and O–H groups in total. The lowest BCUT2D eigenvalue weighted by Gasteiger charge is -2.01. The maximum atomic E-state index is 12.1. The molecule has 0 aliphatic carbocycles. The van der Waals surface area contributed by atoms with Gasteiger partial charge in [0, 0.05) is 5.38 Å². The Labute approximate surface area is 137 Å².